The van der Waals surface area contributed by atoms with E-state index in [1.165, 1.54) is 10.8 Å². The molecule has 1 heterocycles. The predicted octanol–water partition coefficient (Wildman–Crippen LogP) is 0.704. The Balaban J connectivity index is 2.55. The van der Waals surface area contributed by atoms with Crippen LogP contribution in [0.4, 0.5) is 5.69 Å². The lowest BCUT2D eigenvalue weighted by atomic mass is 10.2. The van der Waals surface area contributed by atoms with Crippen molar-refractivity contribution < 1.29 is 10.0 Å². The van der Waals surface area contributed by atoms with Gasteiger partial charge < -0.3 is 5.11 Å². The zero-order chi connectivity index (χ0) is 12.7. The van der Waals surface area contributed by atoms with Crippen LogP contribution in [0.2, 0.25) is 0 Å². The smallest absolute Gasteiger partial charge is 0.347 e. The summed E-state index contributed by atoms with van der Waals surface area (Å²) in [6.07, 6.45) is 5.40. The van der Waals surface area contributed by atoms with E-state index in [-0.39, 0.29) is 12.3 Å². The summed E-state index contributed by atoms with van der Waals surface area (Å²) < 4.78 is 1.25. The average Bonchev–Trinajstić information content (AvgIpc) is 2.30. The Morgan fingerprint density at radius 2 is 2.06 bits per heavy atom. The summed E-state index contributed by atoms with van der Waals surface area (Å²) in [5.74, 6) is 0. The molecule has 94 valence electrons. The Labute approximate surface area is 97.9 Å². The van der Waals surface area contributed by atoms with E-state index in [1.54, 1.807) is 0 Å². The molecule has 0 aliphatic rings. The van der Waals surface area contributed by atoms with E-state index in [9.17, 15) is 14.9 Å². The van der Waals surface area contributed by atoms with E-state index in [4.69, 9.17) is 5.11 Å². The van der Waals surface area contributed by atoms with Crippen molar-refractivity contribution in [3.8, 4) is 0 Å². The second-order valence-corrected chi connectivity index (χ2v) is 3.68. The number of aliphatic hydroxyl groups excluding tert-OH is 1. The Kier molecular flexibility index (Phi) is 5.28. The molecule has 0 aliphatic carbocycles. The third-order valence-corrected chi connectivity index (χ3v) is 2.36. The van der Waals surface area contributed by atoms with Crippen molar-refractivity contribution >= 4 is 5.69 Å². The topological polar surface area (TPSA) is 98.3 Å². The summed E-state index contributed by atoms with van der Waals surface area (Å²) in [6.45, 7) is 0.581. The third-order valence-electron chi connectivity index (χ3n) is 2.36. The highest BCUT2D eigenvalue weighted by atomic mass is 16.6. The van der Waals surface area contributed by atoms with Crippen molar-refractivity contribution in [1.82, 2.24) is 9.55 Å². The largest absolute Gasteiger partial charge is 0.396 e. The van der Waals surface area contributed by atoms with Gasteiger partial charge in [-0.2, -0.15) is 4.98 Å². The summed E-state index contributed by atoms with van der Waals surface area (Å²) in [5, 5.41) is 19.1. The normalized spacial score (nSPS) is 10.4. The van der Waals surface area contributed by atoms with Gasteiger partial charge in [0.1, 0.15) is 6.20 Å². The fourth-order valence-corrected chi connectivity index (χ4v) is 1.45. The molecule has 0 aliphatic heterocycles. The van der Waals surface area contributed by atoms with Crippen LogP contribution in [0.5, 0.6) is 0 Å². The molecule has 0 saturated carbocycles. The minimum atomic E-state index is -0.575. The molecular weight excluding hydrogens is 226 g/mol. The molecule has 17 heavy (non-hydrogen) atoms. The molecule has 1 rings (SSSR count). The zero-order valence-electron chi connectivity index (χ0n) is 9.41. The van der Waals surface area contributed by atoms with Crippen molar-refractivity contribution in [3.05, 3.63) is 33.0 Å². The quantitative estimate of drug-likeness (QED) is 0.430. The van der Waals surface area contributed by atoms with E-state index in [2.05, 4.69) is 4.98 Å². The average molecular weight is 241 g/mol. The van der Waals surface area contributed by atoms with E-state index >= 15 is 0 Å². The van der Waals surface area contributed by atoms with Gasteiger partial charge in [0, 0.05) is 13.2 Å². The van der Waals surface area contributed by atoms with Crippen LogP contribution in [0, 0.1) is 10.1 Å². The molecule has 1 N–H and O–H groups in total. The van der Waals surface area contributed by atoms with Crippen LogP contribution in [0.1, 0.15) is 25.7 Å². The zero-order valence-corrected chi connectivity index (χ0v) is 9.41. The lowest BCUT2D eigenvalue weighted by Crippen LogP contribution is -2.22. The lowest BCUT2D eigenvalue weighted by Gasteiger charge is -2.03. The van der Waals surface area contributed by atoms with Crippen LogP contribution in [0.15, 0.2) is 17.2 Å². The first-order valence-electron chi connectivity index (χ1n) is 5.47. The maximum absolute atomic E-state index is 11.3. The predicted molar refractivity (Wildman–Crippen MR) is 60.7 cm³/mol. The number of aryl methyl sites for hydroxylation is 1. The van der Waals surface area contributed by atoms with Crippen LogP contribution in [-0.4, -0.2) is 26.2 Å². The number of nitro groups is 1. The fraction of sp³-hybridized carbons (Fsp3) is 0.600. The molecule has 7 nitrogen and oxygen atoms in total. The Morgan fingerprint density at radius 1 is 1.35 bits per heavy atom. The van der Waals surface area contributed by atoms with Crippen molar-refractivity contribution in [2.24, 2.45) is 0 Å². The number of rotatable bonds is 7. The minimum Gasteiger partial charge on any atom is -0.396 e. The van der Waals surface area contributed by atoms with Gasteiger partial charge in [0.2, 0.25) is 0 Å². The van der Waals surface area contributed by atoms with Crippen molar-refractivity contribution in [3.63, 3.8) is 0 Å². The first-order valence-corrected chi connectivity index (χ1v) is 5.47. The van der Waals surface area contributed by atoms with Gasteiger partial charge in [-0.05, 0) is 12.8 Å². The molecule has 0 atom stereocenters. The highest BCUT2D eigenvalue weighted by Crippen LogP contribution is 2.06. The molecule has 7 heteroatoms. The molecule has 0 aromatic carbocycles. The van der Waals surface area contributed by atoms with Gasteiger partial charge in [0.15, 0.2) is 0 Å². The van der Waals surface area contributed by atoms with E-state index in [0.717, 1.165) is 31.9 Å². The molecule has 0 unspecified atom stereocenters. The van der Waals surface area contributed by atoms with Gasteiger partial charge >= 0.3 is 11.4 Å². The van der Waals surface area contributed by atoms with Crippen molar-refractivity contribution in [1.29, 1.82) is 0 Å². The highest BCUT2D eigenvalue weighted by molar-refractivity contribution is 5.20. The standard InChI is InChI=1S/C10H15N3O4/c14-6-4-2-1-3-5-12-8-9(13(16)17)7-11-10(12)15/h7-8,14H,1-6H2. The van der Waals surface area contributed by atoms with E-state index < -0.39 is 10.6 Å². The molecule has 0 bridgehead atoms. The molecule has 1 aromatic heterocycles. The Bertz CT molecular complexity index is 430. The van der Waals surface area contributed by atoms with E-state index in [1.807, 2.05) is 0 Å². The lowest BCUT2D eigenvalue weighted by molar-refractivity contribution is -0.385. The first-order chi connectivity index (χ1) is 8.15. The van der Waals surface area contributed by atoms with Gasteiger partial charge in [-0.1, -0.05) is 12.8 Å². The van der Waals surface area contributed by atoms with Crippen molar-refractivity contribution in [2.45, 2.75) is 32.2 Å². The first kappa shape index (κ1) is 13.3. The van der Waals surface area contributed by atoms with Gasteiger partial charge in [0.25, 0.3) is 0 Å². The maximum Gasteiger partial charge on any atom is 0.347 e. The monoisotopic (exact) mass is 241 g/mol. The maximum atomic E-state index is 11.3. The minimum absolute atomic E-state index is 0.165. The third kappa shape index (κ3) is 4.31. The number of aromatic nitrogens is 2. The van der Waals surface area contributed by atoms with Gasteiger partial charge in [-0.3, -0.25) is 14.7 Å². The van der Waals surface area contributed by atoms with Gasteiger partial charge in [-0.25, -0.2) is 4.79 Å². The van der Waals surface area contributed by atoms with Crippen LogP contribution >= 0.6 is 0 Å². The summed E-state index contributed by atoms with van der Waals surface area (Å²) in [4.78, 5) is 24.7. The number of unbranched alkanes of at least 4 members (excludes halogenated alkanes) is 3. The fourth-order valence-electron chi connectivity index (χ4n) is 1.45. The summed E-state index contributed by atoms with van der Waals surface area (Å²) >= 11 is 0. The second kappa shape index (κ2) is 6.74. The number of nitrogens with zero attached hydrogens (tertiary/aromatic N) is 3. The molecule has 0 radical (unpaired) electrons. The Hall–Kier alpha value is -1.76. The number of hydrogen-bond donors (Lipinski definition) is 1. The van der Waals surface area contributed by atoms with Crippen LogP contribution < -0.4 is 5.69 Å². The van der Waals surface area contributed by atoms with Crippen LogP contribution in [-0.2, 0) is 6.54 Å². The van der Waals surface area contributed by atoms with Crippen LogP contribution in [0.25, 0.3) is 0 Å². The van der Waals surface area contributed by atoms with Gasteiger partial charge in [0.05, 0.1) is 11.1 Å². The summed E-state index contributed by atoms with van der Waals surface area (Å²) in [5.41, 5.74) is -0.655. The Morgan fingerprint density at radius 3 is 2.71 bits per heavy atom. The number of hydrogen-bond acceptors (Lipinski definition) is 5. The summed E-state index contributed by atoms with van der Waals surface area (Å²) in [6, 6.07) is 0. The molecule has 0 amide bonds. The van der Waals surface area contributed by atoms with Gasteiger partial charge in [-0.15, -0.1) is 0 Å². The van der Waals surface area contributed by atoms with Crippen LogP contribution in [0.3, 0.4) is 0 Å². The van der Waals surface area contributed by atoms with E-state index in [0.29, 0.717) is 6.54 Å². The molecule has 0 spiro atoms. The SMILES string of the molecule is O=c1ncc([N+](=O)[O-])cn1CCCCCCO. The highest BCUT2D eigenvalue weighted by Gasteiger charge is 2.08. The van der Waals surface area contributed by atoms with Crippen molar-refractivity contribution in [2.75, 3.05) is 6.61 Å². The number of aliphatic hydroxyl groups is 1. The molecular formula is C10H15N3O4. The molecule has 0 saturated heterocycles. The summed E-state index contributed by atoms with van der Waals surface area (Å²) in [7, 11) is 0. The molecule has 1 aromatic rings. The molecule has 0 fully saturated rings. The second-order valence-electron chi connectivity index (χ2n) is 3.68.